The molecule has 0 aliphatic carbocycles. The van der Waals surface area contributed by atoms with E-state index < -0.39 is 6.61 Å². The van der Waals surface area contributed by atoms with E-state index in [0.29, 0.717) is 6.42 Å². The van der Waals surface area contributed by atoms with Gasteiger partial charge in [-0.05, 0) is 48.4 Å². The Morgan fingerprint density at radius 3 is 2.52 bits per heavy atom. The Balaban J connectivity index is 1.93. The van der Waals surface area contributed by atoms with Crippen LogP contribution in [0, 0.1) is 0 Å². The molecule has 1 aromatic heterocycles. The molecule has 0 amide bonds. The van der Waals surface area contributed by atoms with Crippen LogP contribution in [0.1, 0.15) is 18.9 Å². The number of thiazole rings is 1. The van der Waals surface area contributed by atoms with E-state index in [9.17, 15) is 8.78 Å². The average Bonchev–Trinajstić information content (AvgIpc) is 2.93. The molecule has 0 atom stereocenters. The highest BCUT2D eigenvalue weighted by atomic mass is 32.1. The minimum atomic E-state index is -2.83. The number of aryl methyl sites for hydroxylation is 1. The van der Waals surface area contributed by atoms with Crippen LogP contribution < -0.4 is 9.54 Å². The first-order valence-corrected chi connectivity index (χ1v) is 8.60. The number of benzene rings is 2. The smallest absolute Gasteiger partial charge is 0.387 e. The van der Waals surface area contributed by atoms with Crippen molar-refractivity contribution in [2.45, 2.75) is 20.0 Å². The Morgan fingerprint density at radius 2 is 1.88 bits per heavy atom. The highest BCUT2D eigenvalue weighted by Gasteiger charge is 2.06. The molecule has 7 heteroatoms. The molecule has 0 radical (unpaired) electrons. The van der Waals surface area contributed by atoms with Gasteiger partial charge < -0.3 is 9.30 Å². The molecule has 0 spiro atoms. The number of nitrogens with zero attached hydrogens (tertiary/aromatic N) is 3. The second kappa shape index (κ2) is 7.57. The maximum absolute atomic E-state index is 12.2. The van der Waals surface area contributed by atoms with Gasteiger partial charge in [0.25, 0.3) is 0 Å². The number of hydrogen-bond acceptors (Lipinski definition) is 4. The Hall–Kier alpha value is -2.54. The van der Waals surface area contributed by atoms with Crippen molar-refractivity contribution in [1.29, 1.82) is 0 Å². The minimum Gasteiger partial charge on any atom is -0.435 e. The number of hydrogen-bond donors (Lipinski definition) is 0. The number of para-hydroxylation sites is 1. The van der Waals surface area contributed by atoms with Crippen molar-refractivity contribution in [2.24, 2.45) is 17.3 Å². The summed E-state index contributed by atoms with van der Waals surface area (Å²) in [6.45, 7) is -0.851. The van der Waals surface area contributed by atoms with Crippen LogP contribution in [0.5, 0.6) is 5.75 Å². The van der Waals surface area contributed by atoms with Crippen LogP contribution in [0.3, 0.4) is 0 Å². The highest BCUT2D eigenvalue weighted by Crippen LogP contribution is 2.17. The topological polar surface area (TPSA) is 38.9 Å². The summed E-state index contributed by atoms with van der Waals surface area (Å²) in [6.07, 6.45) is 0.674. The molecule has 2 aromatic carbocycles. The molecule has 3 aromatic rings. The van der Waals surface area contributed by atoms with Crippen molar-refractivity contribution in [3.63, 3.8) is 0 Å². The molecule has 4 nitrogen and oxygen atoms in total. The molecule has 0 N–H and O–H groups in total. The lowest BCUT2D eigenvalue weighted by atomic mass is 10.1. The van der Waals surface area contributed by atoms with Crippen LogP contribution in [-0.2, 0) is 7.05 Å². The second-order valence-electron chi connectivity index (χ2n) is 5.31. The summed E-state index contributed by atoms with van der Waals surface area (Å²) < 4.78 is 31.9. The second-order valence-corrected chi connectivity index (χ2v) is 6.32. The maximum Gasteiger partial charge on any atom is 0.387 e. The number of rotatable bonds is 5. The van der Waals surface area contributed by atoms with Crippen molar-refractivity contribution < 1.29 is 13.5 Å². The Kier molecular flexibility index (Phi) is 5.23. The number of fused-ring (bicyclic) bond motifs is 1. The van der Waals surface area contributed by atoms with Crippen molar-refractivity contribution in [2.75, 3.05) is 0 Å². The van der Waals surface area contributed by atoms with E-state index >= 15 is 0 Å². The van der Waals surface area contributed by atoms with Gasteiger partial charge in [0.15, 0.2) is 0 Å². The summed E-state index contributed by atoms with van der Waals surface area (Å²) >= 11 is 1.57. The van der Waals surface area contributed by atoms with Crippen molar-refractivity contribution in [3.05, 3.63) is 58.9 Å². The fourth-order valence-electron chi connectivity index (χ4n) is 2.44. The standard InChI is InChI=1S/C18H17F2N3OS/c1-3-14(12-8-10-13(11-9-12)24-17(19)20)21-22-18-23(2)15-6-4-5-7-16(15)25-18/h4-11,17H,3H2,1-2H3/b21-14+,22-18+. The van der Waals surface area contributed by atoms with Gasteiger partial charge >= 0.3 is 6.61 Å². The molecule has 0 saturated heterocycles. The first-order valence-electron chi connectivity index (χ1n) is 7.79. The molecule has 0 aliphatic heterocycles. The van der Waals surface area contributed by atoms with Gasteiger partial charge in [0.2, 0.25) is 4.80 Å². The third-order valence-corrected chi connectivity index (χ3v) is 4.82. The van der Waals surface area contributed by atoms with Crippen molar-refractivity contribution >= 4 is 27.3 Å². The summed E-state index contributed by atoms with van der Waals surface area (Å²) in [5.41, 5.74) is 2.71. The Bertz CT molecular complexity index is 958. The molecular formula is C18H17F2N3OS. The maximum atomic E-state index is 12.2. The summed E-state index contributed by atoms with van der Waals surface area (Å²) in [6, 6.07) is 14.5. The SMILES string of the molecule is CC/C(=N\N=c1\sc2ccccc2n1C)c1ccc(OC(F)F)cc1. The van der Waals surface area contributed by atoms with E-state index in [4.69, 9.17) is 0 Å². The zero-order chi connectivity index (χ0) is 17.8. The lowest BCUT2D eigenvalue weighted by molar-refractivity contribution is -0.0498. The van der Waals surface area contributed by atoms with Gasteiger partial charge in [-0.3, -0.25) is 0 Å². The molecule has 130 valence electrons. The molecule has 3 rings (SSSR count). The molecule has 0 aliphatic rings. The summed E-state index contributed by atoms with van der Waals surface area (Å²) in [4.78, 5) is 0.796. The van der Waals surface area contributed by atoms with E-state index in [2.05, 4.69) is 14.9 Å². The Labute approximate surface area is 147 Å². The molecule has 0 unspecified atom stereocenters. The van der Waals surface area contributed by atoms with Crippen LogP contribution in [0.2, 0.25) is 0 Å². The lowest BCUT2D eigenvalue weighted by Gasteiger charge is -2.06. The van der Waals surface area contributed by atoms with Crippen LogP contribution in [0.15, 0.2) is 58.7 Å². The summed E-state index contributed by atoms with van der Waals surface area (Å²) in [7, 11) is 1.95. The average molecular weight is 361 g/mol. The number of alkyl halides is 2. The molecule has 1 heterocycles. The van der Waals surface area contributed by atoms with E-state index in [0.717, 1.165) is 26.3 Å². The molecule has 25 heavy (non-hydrogen) atoms. The first kappa shape index (κ1) is 17.3. The fourth-order valence-corrected chi connectivity index (χ4v) is 3.41. The van der Waals surface area contributed by atoms with Gasteiger partial charge in [-0.15, -0.1) is 5.10 Å². The van der Waals surface area contributed by atoms with Crippen molar-refractivity contribution in [1.82, 2.24) is 4.57 Å². The van der Waals surface area contributed by atoms with Gasteiger partial charge in [-0.2, -0.15) is 13.9 Å². The largest absolute Gasteiger partial charge is 0.435 e. The van der Waals surface area contributed by atoms with Gasteiger partial charge in [0.05, 0.1) is 15.9 Å². The van der Waals surface area contributed by atoms with E-state index in [-0.39, 0.29) is 5.75 Å². The monoisotopic (exact) mass is 361 g/mol. The zero-order valence-electron chi connectivity index (χ0n) is 13.8. The Morgan fingerprint density at radius 1 is 1.16 bits per heavy atom. The zero-order valence-corrected chi connectivity index (χ0v) is 14.6. The van der Waals surface area contributed by atoms with Gasteiger partial charge in [-0.25, -0.2) is 0 Å². The van der Waals surface area contributed by atoms with Crippen LogP contribution in [0.25, 0.3) is 10.2 Å². The first-order chi connectivity index (χ1) is 12.1. The predicted molar refractivity (Wildman–Crippen MR) is 96.3 cm³/mol. The molecule has 0 bridgehead atoms. The quantitative estimate of drug-likeness (QED) is 0.485. The lowest BCUT2D eigenvalue weighted by Crippen LogP contribution is -2.10. The van der Waals surface area contributed by atoms with Crippen LogP contribution in [-0.4, -0.2) is 16.9 Å². The van der Waals surface area contributed by atoms with Crippen molar-refractivity contribution in [3.8, 4) is 5.75 Å². The third-order valence-electron chi connectivity index (χ3n) is 3.72. The normalized spacial score (nSPS) is 13.0. The van der Waals surface area contributed by atoms with E-state index in [1.54, 1.807) is 23.5 Å². The minimum absolute atomic E-state index is 0.127. The third kappa shape index (κ3) is 3.93. The highest BCUT2D eigenvalue weighted by molar-refractivity contribution is 7.16. The molecular weight excluding hydrogens is 344 g/mol. The molecule has 0 fully saturated rings. The number of halogens is 2. The van der Waals surface area contributed by atoms with Gasteiger partial charge in [-0.1, -0.05) is 30.4 Å². The summed E-state index contributed by atoms with van der Waals surface area (Å²) in [5.74, 6) is 0.127. The van der Waals surface area contributed by atoms with Gasteiger partial charge in [0.1, 0.15) is 5.75 Å². The fraction of sp³-hybridized carbons (Fsp3) is 0.222. The summed E-state index contributed by atoms with van der Waals surface area (Å²) in [5, 5.41) is 8.75. The molecule has 0 saturated carbocycles. The number of aromatic nitrogens is 1. The van der Waals surface area contributed by atoms with E-state index in [1.807, 2.05) is 42.8 Å². The number of ether oxygens (including phenoxy) is 1. The van der Waals surface area contributed by atoms with Crippen LogP contribution >= 0.6 is 11.3 Å². The van der Waals surface area contributed by atoms with E-state index in [1.165, 1.54) is 12.1 Å². The predicted octanol–water partition coefficient (Wildman–Crippen LogP) is 4.56. The van der Waals surface area contributed by atoms with Gasteiger partial charge in [0, 0.05) is 7.05 Å². The van der Waals surface area contributed by atoms with Crippen LogP contribution in [0.4, 0.5) is 8.78 Å².